The van der Waals surface area contributed by atoms with Crippen LogP contribution < -0.4 is 10.2 Å². The number of amides is 1. The molecule has 1 aromatic heterocycles. The molecule has 1 aliphatic heterocycles. The molecule has 154 valence electrons. The van der Waals surface area contributed by atoms with Crippen LogP contribution in [-0.2, 0) is 4.79 Å². The van der Waals surface area contributed by atoms with Gasteiger partial charge in [-0.3, -0.25) is 9.69 Å². The summed E-state index contributed by atoms with van der Waals surface area (Å²) in [7, 11) is 0. The number of nitrogens with one attached hydrogen (secondary N) is 1. The molecule has 6 heteroatoms. The second-order valence-electron chi connectivity index (χ2n) is 7.41. The van der Waals surface area contributed by atoms with Crippen molar-refractivity contribution in [2.45, 2.75) is 6.04 Å². The van der Waals surface area contributed by atoms with Crippen molar-refractivity contribution < 1.29 is 9.18 Å². The lowest BCUT2D eigenvalue weighted by Crippen LogP contribution is -2.50. The highest BCUT2D eigenvalue weighted by Crippen LogP contribution is 2.22. The van der Waals surface area contributed by atoms with E-state index in [1.165, 1.54) is 12.1 Å². The number of piperazine rings is 1. The summed E-state index contributed by atoms with van der Waals surface area (Å²) in [5.41, 5.74) is 1.83. The number of hydrogen-bond acceptors (Lipinski definition) is 4. The van der Waals surface area contributed by atoms with Gasteiger partial charge >= 0.3 is 0 Å². The Hall–Kier alpha value is -3.25. The van der Waals surface area contributed by atoms with Crippen LogP contribution in [-0.4, -0.2) is 48.5 Å². The first-order chi connectivity index (χ1) is 14.7. The molecule has 2 aromatic carbocycles. The summed E-state index contributed by atoms with van der Waals surface area (Å²) in [5, 5.41) is 3.13. The highest BCUT2D eigenvalue weighted by Gasteiger charge is 2.22. The van der Waals surface area contributed by atoms with Crippen LogP contribution in [0.4, 0.5) is 10.2 Å². The van der Waals surface area contributed by atoms with E-state index in [1.807, 2.05) is 48.5 Å². The minimum Gasteiger partial charge on any atom is -0.354 e. The summed E-state index contributed by atoms with van der Waals surface area (Å²) in [4.78, 5) is 21.6. The Balaban J connectivity index is 1.38. The van der Waals surface area contributed by atoms with E-state index >= 15 is 0 Å². The fourth-order valence-electron chi connectivity index (χ4n) is 3.75. The third kappa shape index (κ3) is 5.02. The number of benzene rings is 2. The molecular weight excluding hydrogens is 379 g/mol. The van der Waals surface area contributed by atoms with E-state index in [-0.39, 0.29) is 17.8 Å². The van der Waals surface area contributed by atoms with E-state index < -0.39 is 0 Å². The average Bonchev–Trinajstić information content (AvgIpc) is 2.80. The van der Waals surface area contributed by atoms with Crippen LogP contribution in [0.5, 0.6) is 0 Å². The highest BCUT2D eigenvalue weighted by atomic mass is 19.1. The van der Waals surface area contributed by atoms with E-state index in [0.29, 0.717) is 6.54 Å². The Morgan fingerprint density at radius 3 is 2.23 bits per heavy atom. The molecule has 1 fully saturated rings. The monoisotopic (exact) mass is 404 g/mol. The van der Waals surface area contributed by atoms with Gasteiger partial charge in [-0.15, -0.1) is 0 Å². The first-order valence-corrected chi connectivity index (χ1v) is 10.2. The second kappa shape index (κ2) is 9.50. The average molecular weight is 404 g/mol. The molecule has 2 heterocycles. The Bertz CT molecular complexity index is 942. The predicted molar refractivity (Wildman–Crippen MR) is 116 cm³/mol. The van der Waals surface area contributed by atoms with Gasteiger partial charge in [-0.1, -0.05) is 48.5 Å². The lowest BCUT2D eigenvalue weighted by Gasteiger charge is -2.35. The maximum absolute atomic E-state index is 13.4. The Labute approximate surface area is 176 Å². The molecule has 1 aliphatic rings. The fourth-order valence-corrected chi connectivity index (χ4v) is 3.75. The minimum absolute atomic E-state index is 0.0422. The van der Waals surface area contributed by atoms with Crippen LogP contribution in [0, 0.1) is 5.82 Å². The van der Waals surface area contributed by atoms with Gasteiger partial charge in [-0.25, -0.2) is 9.37 Å². The summed E-state index contributed by atoms with van der Waals surface area (Å²) < 4.78 is 13.4. The van der Waals surface area contributed by atoms with Crippen molar-refractivity contribution in [2.75, 3.05) is 37.6 Å². The summed E-state index contributed by atoms with van der Waals surface area (Å²) in [6.07, 6.45) is 1.80. The van der Waals surface area contributed by atoms with Crippen LogP contribution in [0.1, 0.15) is 17.2 Å². The van der Waals surface area contributed by atoms with E-state index in [9.17, 15) is 9.18 Å². The number of aromatic nitrogens is 1. The number of halogens is 1. The summed E-state index contributed by atoms with van der Waals surface area (Å²) >= 11 is 0. The molecule has 1 amide bonds. The zero-order valence-electron chi connectivity index (χ0n) is 16.7. The molecule has 3 aromatic rings. The molecule has 5 nitrogen and oxygen atoms in total. The van der Waals surface area contributed by atoms with Gasteiger partial charge in [0, 0.05) is 32.4 Å². The van der Waals surface area contributed by atoms with Gasteiger partial charge in [0.1, 0.15) is 11.6 Å². The van der Waals surface area contributed by atoms with Gasteiger partial charge in [0.2, 0.25) is 5.91 Å². The molecule has 1 N–H and O–H groups in total. The van der Waals surface area contributed by atoms with E-state index in [1.54, 1.807) is 18.3 Å². The molecule has 30 heavy (non-hydrogen) atoms. The third-order valence-corrected chi connectivity index (χ3v) is 5.35. The van der Waals surface area contributed by atoms with Crippen LogP contribution in [0.15, 0.2) is 79.0 Å². The topological polar surface area (TPSA) is 48.5 Å². The molecule has 0 radical (unpaired) electrons. The van der Waals surface area contributed by atoms with Crippen molar-refractivity contribution >= 4 is 11.7 Å². The van der Waals surface area contributed by atoms with Crippen molar-refractivity contribution in [3.63, 3.8) is 0 Å². The summed E-state index contributed by atoms with van der Waals surface area (Å²) in [5.74, 6) is 0.643. The molecule has 0 spiro atoms. The van der Waals surface area contributed by atoms with E-state index in [4.69, 9.17) is 0 Å². The number of rotatable bonds is 6. The normalized spacial score (nSPS) is 15.6. The van der Waals surface area contributed by atoms with Gasteiger partial charge in [0.05, 0.1) is 12.6 Å². The van der Waals surface area contributed by atoms with Crippen LogP contribution in [0.3, 0.4) is 0 Å². The second-order valence-corrected chi connectivity index (χ2v) is 7.41. The molecule has 0 bridgehead atoms. The first-order valence-electron chi connectivity index (χ1n) is 10.2. The van der Waals surface area contributed by atoms with Gasteiger partial charge < -0.3 is 10.2 Å². The minimum atomic E-state index is -0.311. The highest BCUT2D eigenvalue weighted by molar-refractivity contribution is 5.79. The summed E-state index contributed by atoms with van der Waals surface area (Å²) in [6.45, 7) is 3.61. The van der Waals surface area contributed by atoms with Gasteiger partial charge in [-0.2, -0.15) is 0 Å². The van der Waals surface area contributed by atoms with Gasteiger partial charge in [0.15, 0.2) is 0 Å². The number of anilines is 1. The van der Waals surface area contributed by atoms with Gasteiger partial charge in [-0.05, 0) is 35.4 Å². The molecule has 1 saturated heterocycles. The molecule has 1 unspecified atom stereocenters. The number of carbonyl (C=O) groups excluding carboxylic acids is 1. The van der Waals surface area contributed by atoms with Crippen LogP contribution in [0.25, 0.3) is 0 Å². The van der Waals surface area contributed by atoms with Crippen molar-refractivity contribution in [1.29, 1.82) is 0 Å². The first kappa shape index (κ1) is 20.0. The molecular formula is C24H25FN4O. The fraction of sp³-hybridized carbons (Fsp3) is 0.250. The number of nitrogens with zero attached hydrogens (tertiary/aromatic N) is 3. The van der Waals surface area contributed by atoms with Crippen LogP contribution >= 0.6 is 0 Å². The predicted octanol–water partition coefficient (Wildman–Crippen LogP) is 3.25. The molecule has 4 rings (SSSR count). The zero-order chi connectivity index (χ0) is 20.8. The Kier molecular flexibility index (Phi) is 6.35. The lowest BCUT2D eigenvalue weighted by molar-refractivity contribution is -0.122. The number of carbonyl (C=O) groups is 1. The SMILES string of the molecule is O=C(CN1CCN(c2ccccn2)CC1)NC(c1ccccc1)c1ccc(F)cc1. The largest absolute Gasteiger partial charge is 0.354 e. The van der Waals surface area contributed by atoms with Crippen molar-refractivity contribution in [3.8, 4) is 0 Å². The zero-order valence-corrected chi connectivity index (χ0v) is 16.7. The standard InChI is InChI=1S/C24H25FN4O/c25-21-11-9-20(10-12-21)24(19-6-2-1-3-7-19)27-23(30)18-28-14-16-29(17-15-28)22-8-4-5-13-26-22/h1-13,24H,14-18H2,(H,27,30). The molecule has 1 atom stereocenters. The van der Waals surface area contributed by atoms with E-state index in [0.717, 1.165) is 43.1 Å². The summed E-state index contributed by atoms with van der Waals surface area (Å²) in [6, 6.07) is 21.7. The Morgan fingerprint density at radius 1 is 0.900 bits per heavy atom. The van der Waals surface area contributed by atoms with E-state index in [2.05, 4.69) is 20.1 Å². The quantitative estimate of drug-likeness (QED) is 0.685. The van der Waals surface area contributed by atoms with Gasteiger partial charge in [0.25, 0.3) is 0 Å². The molecule has 0 saturated carbocycles. The number of hydrogen-bond donors (Lipinski definition) is 1. The third-order valence-electron chi connectivity index (χ3n) is 5.35. The maximum atomic E-state index is 13.4. The smallest absolute Gasteiger partial charge is 0.234 e. The maximum Gasteiger partial charge on any atom is 0.234 e. The van der Waals surface area contributed by atoms with Crippen molar-refractivity contribution in [3.05, 3.63) is 95.9 Å². The lowest BCUT2D eigenvalue weighted by atomic mass is 9.98. The van der Waals surface area contributed by atoms with Crippen LogP contribution in [0.2, 0.25) is 0 Å². The Morgan fingerprint density at radius 2 is 1.57 bits per heavy atom. The number of pyridine rings is 1. The van der Waals surface area contributed by atoms with Crippen molar-refractivity contribution in [2.24, 2.45) is 0 Å². The van der Waals surface area contributed by atoms with Crippen molar-refractivity contribution in [1.82, 2.24) is 15.2 Å². The molecule has 0 aliphatic carbocycles.